The molecule has 0 bridgehead atoms. The lowest BCUT2D eigenvalue weighted by Crippen LogP contribution is -2.51. The highest BCUT2D eigenvalue weighted by Crippen LogP contribution is 2.25. The first-order valence-electron chi connectivity index (χ1n) is 11.6. The fourth-order valence-electron chi connectivity index (χ4n) is 3.72. The summed E-state index contributed by atoms with van der Waals surface area (Å²) < 4.78 is 41.8. The number of benzene rings is 3. The number of sulfonamides is 1. The molecule has 0 aliphatic rings. The topological polar surface area (TPSA) is 86.8 Å². The Morgan fingerprint density at radius 3 is 2.25 bits per heavy atom. The van der Waals surface area contributed by atoms with Crippen molar-refractivity contribution >= 4 is 27.5 Å². The first-order valence-corrected chi connectivity index (χ1v) is 13.0. The summed E-state index contributed by atoms with van der Waals surface area (Å²) >= 11 is 0. The van der Waals surface area contributed by atoms with E-state index in [0.717, 1.165) is 9.87 Å². The van der Waals surface area contributed by atoms with Gasteiger partial charge in [0.05, 0.1) is 10.6 Å². The molecule has 0 fully saturated rings. The van der Waals surface area contributed by atoms with Crippen molar-refractivity contribution in [2.75, 3.05) is 17.4 Å². The van der Waals surface area contributed by atoms with Crippen molar-refractivity contribution in [2.45, 2.75) is 38.3 Å². The third kappa shape index (κ3) is 6.48. The Labute approximate surface area is 211 Å². The largest absolute Gasteiger partial charge is 0.355 e. The van der Waals surface area contributed by atoms with E-state index in [2.05, 4.69) is 5.32 Å². The Balaban J connectivity index is 2.01. The SMILES string of the molecule is CCNC(=O)[C@@H](C)N(Cc1ccc(F)cc1)C(=O)CN(c1cccc(C)c1)S(=O)(=O)c1ccccc1. The summed E-state index contributed by atoms with van der Waals surface area (Å²) in [5, 5.41) is 2.70. The molecular formula is C27H30FN3O4S. The first-order chi connectivity index (χ1) is 17.1. The van der Waals surface area contributed by atoms with Gasteiger partial charge in [0.25, 0.3) is 10.0 Å². The van der Waals surface area contributed by atoms with Crippen LogP contribution < -0.4 is 9.62 Å². The Hall–Kier alpha value is -3.72. The molecule has 36 heavy (non-hydrogen) atoms. The van der Waals surface area contributed by atoms with Crippen LogP contribution in [0.2, 0.25) is 0 Å². The third-order valence-corrected chi connectivity index (χ3v) is 7.47. The second kappa shape index (κ2) is 11.8. The molecule has 1 atom stereocenters. The maximum atomic E-state index is 13.7. The van der Waals surface area contributed by atoms with Gasteiger partial charge in [0.2, 0.25) is 11.8 Å². The van der Waals surface area contributed by atoms with Gasteiger partial charge in [-0.1, -0.05) is 42.5 Å². The van der Waals surface area contributed by atoms with Crippen LogP contribution in [0.3, 0.4) is 0 Å². The number of hydrogen-bond acceptors (Lipinski definition) is 4. The standard InChI is InChI=1S/C27H30FN3O4S/c1-4-29-27(33)21(3)30(18-22-13-15-23(28)16-14-22)26(32)19-31(24-10-8-9-20(2)17-24)36(34,35)25-11-6-5-7-12-25/h5-17,21H,4,18-19H2,1-3H3,(H,29,33)/t21-/m1/s1. The number of nitrogens with one attached hydrogen (secondary N) is 1. The van der Waals surface area contributed by atoms with Crippen molar-refractivity contribution in [2.24, 2.45) is 0 Å². The van der Waals surface area contributed by atoms with Crippen LogP contribution in [-0.2, 0) is 26.2 Å². The van der Waals surface area contributed by atoms with Gasteiger partial charge >= 0.3 is 0 Å². The quantitative estimate of drug-likeness (QED) is 0.448. The van der Waals surface area contributed by atoms with Crippen molar-refractivity contribution < 1.29 is 22.4 Å². The average molecular weight is 512 g/mol. The number of hydrogen-bond donors (Lipinski definition) is 1. The molecule has 0 spiro atoms. The van der Waals surface area contributed by atoms with Gasteiger partial charge in [-0.2, -0.15) is 0 Å². The molecule has 0 aromatic heterocycles. The molecule has 0 aliphatic heterocycles. The number of carbonyl (C=O) groups excluding carboxylic acids is 2. The van der Waals surface area contributed by atoms with Gasteiger partial charge in [-0.3, -0.25) is 13.9 Å². The normalized spacial score (nSPS) is 12.0. The lowest BCUT2D eigenvalue weighted by atomic mass is 10.1. The summed E-state index contributed by atoms with van der Waals surface area (Å²) in [6, 6.07) is 19.4. The number of nitrogens with zero attached hydrogens (tertiary/aromatic N) is 2. The molecule has 7 nitrogen and oxygen atoms in total. The number of carbonyl (C=O) groups is 2. The minimum absolute atomic E-state index is 0.00442. The van der Waals surface area contributed by atoms with Gasteiger partial charge in [-0.25, -0.2) is 12.8 Å². The van der Waals surface area contributed by atoms with E-state index in [1.165, 1.54) is 41.3 Å². The zero-order chi connectivity index (χ0) is 26.3. The van der Waals surface area contributed by atoms with Gasteiger partial charge in [0, 0.05) is 13.1 Å². The highest BCUT2D eigenvalue weighted by atomic mass is 32.2. The van der Waals surface area contributed by atoms with E-state index in [1.54, 1.807) is 50.2 Å². The van der Waals surface area contributed by atoms with E-state index in [-0.39, 0.29) is 17.3 Å². The predicted molar refractivity (Wildman–Crippen MR) is 137 cm³/mol. The lowest BCUT2D eigenvalue weighted by Gasteiger charge is -2.32. The van der Waals surface area contributed by atoms with E-state index < -0.39 is 34.3 Å². The number of anilines is 1. The van der Waals surface area contributed by atoms with Crippen molar-refractivity contribution in [1.82, 2.24) is 10.2 Å². The average Bonchev–Trinajstić information content (AvgIpc) is 2.87. The summed E-state index contributed by atoms with van der Waals surface area (Å²) in [4.78, 5) is 27.7. The van der Waals surface area contributed by atoms with Gasteiger partial charge in [0.15, 0.2) is 0 Å². The molecule has 0 saturated carbocycles. The van der Waals surface area contributed by atoms with E-state index >= 15 is 0 Å². The lowest BCUT2D eigenvalue weighted by molar-refractivity contribution is -0.139. The number of rotatable bonds is 10. The fourth-order valence-corrected chi connectivity index (χ4v) is 5.15. The molecule has 3 aromatic carbocycles. The van der Waals surface area contributed by atoms with Crippen LogP contribution in [0.5, 0.6) is 0 Å². The zero-order valence-electron chi connectivity index (χ0n) is 20.5. The van der Waals surface area contributed by atoms with Crippen LogP contribution in [0.25, 0.3) is 0 Å². The molecule has 0 heterocycles. The second-order valence-corrected chi connectivity index (χ2v) is 10.2. The number of halogens is 1. The summed E-state index contributed by atoms with van der Waals surface area (Å²) in [5.41, 5.74) is 1.76. The highest BCUT2D eigenvalue weighted by Gasteiger charge is 2.32. The summed E-state index contributed by atoms with van der Waals surface area (Å²) in [6.45, 7) is 5.03. The van der Waals surface area contributed by atoms with E-state index in [1.807, 2.05) is 13.0 Å². The Morgan fingerprint density at radius 1 is 0.972 bits per heavy atom. The van der Waals surface area contributed by atoms with Crippen molar-refractivity contribution in [3.63, 3.8) is 0 Å². The third-order valence-electron chi connectivity index (χ3n) is 5.68. The smallest absolute Gasteiger partial charge is 0.264 e. The maximum Gasteiger partial charge on any atom is 0.264 e. The van der Waals surface area contributed by atoms with Crippen LogP contribution in [0.1, 0.15) is 25.0 Å². The second-order valence-electron chi connectivity index (χ2n) is 8.38. The van der Waals surface area contributed by atoms with Crippen molar-refractivity contribution in [3.05, 3.63) is 95.8 Å². The Morgan fingerprint density at radius 2 is 1.64 bits per heavy atom. The molecule has 0 radical (unpaired) electrons. The molecule has 3 rings (SSSR count). The van der Waals surface area contributed by atoms with Gasteiger partial charge in [-0.05, 0) is 68.3 Å². The van der Waals surface area contributed by atoms with Crippen LogP contribution in [0.15, 0.2) is 83.8 Å². The van der Waals surface area contributed by atoms with E-state index in [9.17, 15) is 22.4 Å². The van der Waals surface area contributed by atoms with E-state index in [0.29, 0.717) is 17.8 Å². The first kappa shape index (κ1) is 26.9. The molecular weight excluding hydrogens is 481 g/mol. The number of amides is 2. The number of likely N-dealkylation sites (N-methyl/N-ethyl adjacent to an activating group) is 1. The van der Waals surface area contributed by atoms with Gasteiger partial charge < -0.3 is 10.2 Å². The minimum Gasteiger partial charge on any atom is -0.355 e. The molecule has 2 amide bonds. The van der Waals surface area contributed by atoms with Crippen molar-refractivity contribution in [1.29, 1.82) is 0 Å². The summed E-state index contributed by atoms with van der Waals surface area (Å²) in [5.74, 6) is -1.37. The van der Waals surface area contributed by atoms with Crippen LogP contribution >= 0.6 is 0 Å². The predicted octanol–water partition coefficient (Wildman–Crippen LogP) is 3.88. The van der Waals surface area contributed by atoms with Gasteiger partial charge in [0.1, 0.15) is 18.4 Å². The monoisotopic (exact) mass is 511 g/mol. The Bertz CT molecular complexity index is 1300. The Kier molecular flexibility index (Phi) is 8.82. The summed E-state index contributed by atoms with van der Waals surface area (Å²) in [6.07, 6.45) is 0. The molecule has 1 N–H and O–H groups in total. The van der Waals surface area contributed by atoms with Crippen LogP contribution in [0.4, 0.5) is 10.1 Å². The van der Waals surface area contributed by atoms with Crippen LogP contribution in [-0.4, -0.2) is 44.3 Å². The molecule has 190 valence electrons. The van der Waals surface area contributed by atoms with Crippen LogP contribution in [0, 0.1) is 12.7 Å². The van der Waals surface area contributed by atoms with Crippen molar-refractivity contribution in [3.8, 4) is 0 Å². The molecule has 9 heteroatoms. The van der Waals surface area contributed by atoms with Gasteiger partial charge in [-0.15, -0.1) is 0 Å². The maximum absolute atomic E-state index is 13.7. The fraction of sp³-hybridized carbons (Fsp3) is 0.259. The number of aryl methyl sites for hydroxylation is 1. The zero-order valence-corrected chi connectivity index (χ0v) is 21.3. The highest BCUT2D eigenvalue weighted by molar-refractivity contribution is 7.92. The molecule has 0 aliphatic carbocycles. The minimum atomic E-state index is -4.10. The molecule has 0 saturated heterocycles. The molecule has 3 aromatic rings. The van der Waals surface area contributed by atoms with E-state index in [4.69, 9.17) is 0 Å². The summed E-state index contributed by atoms with van der Waals surface area (Å²) in [7, 11) is -4.10. The molecule has 0 unspecified atom stereocenters.